The number of para-hydroxylation sites is 1. The quantitative estimate of drug-likeness (QED) is 0.414. The number of carbonyl (C=O) groups excluding carboxylic acids is 1. The molecule has 0 bridgehead atoms. The standard InChI is InChI=1S/C31H38N4O2/c1-6-37-30(36)31(5)16-10-17-35(20-31)29-24-19-34(26-14-8-7-11-21(26)2)18-15-25(24)32-28(33-29)27-22(3)12-9-13-23(27)4/h7-9,11-14H,6,10,15-20H2,1-5H3. The molecule has 3 aromatic rings. The zero-order chi connectivity index (χ0) is 26.2. The van der Waals surface area contributed by atoms with E-state index in [0.29, 0.717) is 13.2 Å². The van der Waals surface area contributed by atoms with Crippen molar-refractivity contribution in [3.05, 3.63) is 70.4 Å². The molecule has 1 atom stereocenters. The summed E-state index contributed by atoms with van der Waals surface area (Å²) in [6.07, 6.45) is 2.61. The number of piperidine rings is 1. The number of carbonyl (C=O) groups is 1. The van der Waals surface area contributed by atoms with E-state index in [0.717, 1.165) is 61.8 Å². The zero-order valence-electron chi connectivity index (χ0n) is 22.8. The van der Waals surface area contributed by atoms with Gasteiger partial charge in [-0.3, -0.25) is 4.79 Å². The summed E-state index contributed by atoms with van der Waals surface area (Å²) in [5.41, 5.74) is 7.75. The Morgan fingerprint density at radius 2 is 1.70 bits per heavy atom. The Morgan fingerprint density at radius 1 is 0.973 bits per heavy atom. The minimum absolute atomic E-state index is 0.112. The molecular formula is C31H38N4O2. The number of rotatable bonds is 5. The molecule has 1 aromatic heterocycles. The van der Waals surface area contributed by atoms with Crippen LogP contribution in [-0.2, 0) is 22.5 Å². The lowest BCUT2D eigenvalue weighted by Gasteiger charge is -2.41. The van der Waals surface area contributed by atoms with Gasteiger partial charge in [0, 0.05) is 49.4 Å². The molecule has 0 amide bonds. The van der Waals surface area contributed by atoms with E-state index in [9.17, 15) is 4.79 Å². The fraction of sp³-hybridized carbons (Fsp3) is 0.452. The van der Waals surface area contributed by atoms with E-state index in [1.54, 1.807) is 0 Å². The summed E-state index contributed by atoms with van der Waals surface area (Å²) in [6.45, 7) is 13.9. The van der Waals surface area contributed by atoms with Crippen molar-refractivity contribution in [2.75, 3.05) is 36.0 Å². The van der Waals surface area contributed by atoms with E-state index in [1.807, 2.05) is 13.8 Å². The maximum Gasteiger partial charge on any atom is 0.313 e. The van der Waals surface area contributed by atoms with Crippen molar-refractivity contribution in [3.63, 3.8) is 0 Å². The molecule has 5 rings (SSSR count). The lowest BCUT2D eigenvalue weighted by molar-refractivity contribution is -0.154. The van der Waals surface area contributed by atoms with Gasteiger partial charge in [-0.15, -0.1) is 0 Å². The maximum absolute atomic E-state index is 12.9. The van der Waals surface area contributed by atoms with Crippen LogP contribution in [0.1, 0.15) is 54.6 Å². The fourth-order valence-corrected chi connectivity index (χ4v) is 5.95. The average molecular weight is 499 g/mol. The predicted molar refractivity (Wildman–Crippen MR) is 149 cm³/mol. The topological polar surface area (TPSA) is 58.6 Å². The third kappa shape index (κ3) is 4.81. The minimum Gasteiger partial charge on any atom is -0.466 e. The lowest BCUT2D eigenvalue weighted by atomic mass is 9.81. The van der Waals surface area contributed by atoms with Gasteiger partial charge in [-0.1, -0.05) is 36.4 Å². The zero-order valence-corrected chi connectivity index (χ0v) is 22.8. The van der Waals surface area contributed by atoms with E-state index in [1.165, 1.54) is 27.9 Å². The fourth-order valence-electron chi connectivity index (χ4n) is 5.95. The van der Waals surface area contributed by atoms with Crippen molar-refractivity contribution in [1.29, 1.82) is 0 Å². The summed E-state index contributed by atoms with van der Waals surface area (Å²) in [4.78, 5) is 28.1. The molecule has 2 aromatic carbocycles. The molecule has 0 saturated carbocycles. The molecule has 0 N–H and O–H groups in total. The van der Waals surface area contributed by atoms with E-state index >= 15 is 0 Å². The molecule has 0 spiro atoms. The molecule has 0 radical (unpaired) electrons. The number of nitrogens with zero attached hydrogens (tertiary/aromatic N) is 4. The lowest BCUT2D eigenvalue weighted by Crippen LogP contribution is -2.48. The van der Waals surface area contributed by atoms with Gasteiger partial charge in [0.15, 0.2) is 5.82 Å². The highest BCUT2D eigenvalue weighted by Crippen LogP contribution is 2.38. The Balaban J connectivity index is 1.61. The second-order valence-corrected chi connectivity index (χ2v) is 10.8. The molecule has 2 aliphatic rings. The van der Waals surface area contributed by atoms with Gasteiger partial charge < -0.3 is 14.5 Å². The van der Waals surface area contributed by atoms with Gasteiger partial charge in [0.05, 0.1) is 17.7 Å². The minimum atomic E-state index is -0.546. The van der Waals surface area contributed by atoms with E-state index in [4.69, 9.17) is 14.7 Å². The van der Waals surface area contributed by atoms with Crippen LogP contribution >= 0.6 is 0 Å². The SMILES string of the molecule is CCOC(=O)C1(C)CCCN(c2nc(-c3c(C)cccc3C)nc3c2CN(c2ccccc2C)CC3)C1. The van der Waals surface area contributed by atoms with Gasteiger partial charge in [0.25, 0.3) is 0 Å². The number of hydrogen-bond donors (Lipinski definition) is 0. The maximum atomic E-state index is 12.9. The molecule has 6 heteroatoms. The molecular weight excluding hydrogens is 460 g/mol. The number of anilines is 2. The van der Waals surface area contributed by atoms with Crippen LogP contribution in [0.3, 0.4) is 0 Å². The largest absolute Gasteiger partial charge is 0.466 e. The van der Waals surface area contributed by atoms with E-state index in [-0.39, 0.29) is 5.97 Å². The molecule has 37 heavy (non-hydrogen) atoms. The molecule has 1 saturated heterocycles. The first kappa shape index (κ1) is 25.2. The van der Waals surface area contributed by atoms with Crippen LogP contribution in [0.25, 0.3) is 11.4 Å². The van der Waals surface area contributed by atoms with Crippen LogP contribution in [0.15, 0.2) is 42.5 Å². The molecule has 6 nitrogen and oxygen atoms in total. The monoisotopic (exact) mass is 498 g/mol. The molecule has 3 heterocycles. The van der Waals surface area contributed by atoms with Crippen molar-refractivity contribution in [2.24, 2.45) is 5.41 Å². The number of aryl methyl sites for hydroxylation is 3. The van der Waals surface area contributed by atoms with Crippen molar-refractivity contribution in [2.45, 2.75) is 60.4 Å². The molecule has 194 valence electrons. The van der Waals surface area contributed by atoms with Crippen molar-refractivity contribution in [3.8, 4) is 11.4 Å². The van der Waals surface area contributed by atoms with Crippen molar-refractivity contribution >= 4 is 17.5 Å². The Morgan fingerprint density at radius 3 is 2.43 bits per heavy atom. The third-order valence-electron chi connectivity index (χ3n) is 7.96. The number of ether oxygens (including phenoxy) is 1. The average Bonchev–Trinajstić information content (AvgIpc) is 2.88. The van der Waals surface area contributed by atoms with E-state index in [2.05, 4.69) is 73.0 Å². The second kappa shape index (κ2) is 10.2. The smallest absolute Gasteiger partial charge is 0.313 e. The van der Waals surface area contributed by atoms with Crippen LogP contribution in [-0.4, -0.2) is 42.2 Å². The molecule has 1 fully saturated rings. The predicted octanol–water partition coefficient (Wildman–Crippen LogP) is 5.80. The number of fused-ring (bicyclic) bond motifs is 1. The van der Waals surface area contributed by atoms with Gasteiger partial charge >= 0.3 is 5.97 Å². The van der Waals surface area contributed by atoms with Crippen molar-refractivity contribution < 1.29 is 9.53 Å². The summed E-state index contributed by atoms with van der Waals surface area (Å²) in [5.74, 6) is 1.65. The Hall–Kier alpha value is -3.41. The summed E-state index contributed by atoms with van der Waals surface area (Å²) < 4.78 is 5.49. The third-order valence-corrected chi connectivity index (χ3v) is 7.96. The Kier molecular flexibility index (Phi) is 6.93. The molecule has 1 unspecified atom stereocenters. The van der Waals surface area contributed by atoms with Crippen LogP contribution in [0.4, 0.5) is 11.5 Å². The first-order valence-electron chi connectivity index (χ1n) is 13.5. The summed E-state index contributed by atoms with van der Waals surface area (Å²) >= 11 is 0. The second-order valence-electron chi connectivity index (χ2n) is 10.8. The van der Waals surface area contributed by atoms with Crippen LogP contribution in [0, 0.1) is 26.2 Å². The Bertz CT molecular complexity index is 1300. The first-order valence-corrected chi connectivity index (χ1v) is 13.5. The van der Waals surface area contributed by atoms with Crippen LogP contribution in [0.5, 0.6) is 0 Å². The number of hydrogen-bond acceptors (Lipinski definition) is 6. The highest BCUT2D eigenvalue weighted by Gasteiger charge is 2.41. The highest BCUT2D eigenvalue weighted by molar-refractivity contribution is 5.78. The molecule has 2 aliphatic heterocycles. The summed E-state index contributed by atoms with van der Waals surface area (Å²) in [5, 5.41) is 0. The van der Waals surface area contributed by atoms with Gasteiger partial charge in [0.1, 0.15) is 5.82 Å². The molecule has 0 aliphatic carbocycles. The van der Waals surface area contributed by atoms with Gasteiger partial charge in [-0.2, -0.15) is 0 Å². The van der Waals surface area contributed by atoms with Crippen LogP contribution in [0.2, 0.25) is 0 Å². The Labute approximate surface area is 220 Å². The van der Waals surface area contributed by atoms with E-state index < -0.39 is 5.41 Å². The van der Waals surface area contributed by atoms with Gasteiger partial charge in [-0.05, 0) is 70.2 Å². The van der Waals surface area contributed by atoms with Gasteiger partial charge in [0.2, 0.25) is 0 Å². The highest BCUT2D eigenvalue weighted by atomic mass is 16.5. The first-order chi connectivity index (χ1) is 17.8. The number of benzene rings is 2. The summed E-state index contributed by atoms with van der Waals surface area (Å²) in [6, 6.07) is 14.9. The van der Waals surface area contributed by atoms with Crippen molar-refractivity contribution in [1.82, 2.24) is 9.97 Å². The van der Waals surface area contributed by atoms with Gasteiger partial charge in [-0.25, -0.2) is 9.97 Å². The summed E-state index contributed by atoms with van der Waals surface area (Å²) in [7, 11) is 0. The normalized spacial score (nSPS) is 19.5. The van der Waals surface area contributed by atoms with Crippen LogP contribution < -0.4 is 9.80 Å². The number of aromatic nitrogens is 2. The number of esters is 1.